The minimum absolute atomic E-state index is 0.0642. The Morgan fingerprint density at radius 1 is 0.947 bits per heavy atom. The van der Waals surface area contributed by atoms with Crippen molar-refractivity contribution in [2.24, 2.45) is 12.2 Å². The van der Waals surface area contributed by atoms with Gasteiger partial charge in [0.05, 0.1) is 5.52 Å². The second kappa shape index (κ2) is 4.24. The highest BCUT2D eigenvalue weighted by Crippen LogP contribution is 2.19. The van der Waals surface area contributed by atoms with Crippen LogP contribution in [0, 0.1) is 0 Å². The largest absolute Gasteiger partial charge is 0.410 e. The van der Waals surface area contributed by atoms with Crippen molar-refractivity contribution in [2.75, 3.05) is 0 Å². The summed E-state index contributed by atoms with van der Waals surface area (Å²) in [5, 5.41) is 14.9. The summed E-state index contributed by atoms with van der Waals surface area (Å²) in [6.07, 6.45) is 0. The average molecular weight is 252 g/mol. The Kier molecular flexibility index (Phi) is 2.56. The van der Waals surface area contributed by atoms with Gasteiger partial charge in [0.2, 0.25) is 0 Å². The molecule has 2 aromatic carbocycles. The number of rotatable bonds is 0. The molecule has 3 aromatic rings. The molecule has 0 spiro atoms. The summed E-state index contributed by atoms with van der Waals surface area (Å²) in [4.78, 5) is 12.3. The Morgan fingerprint density at radius 2 is 1.53 bits per heavy atom. The van der Waals surface area contributed by atoms with Gasteiger partial charge in [-0.1, -0.05) is 47.6 Å². The van der Waals surface area contributed by atoms with Crippen LogP contribution in [-0.2, 0) is 7.05 Å². The first-order chi connectivity index (χ1) is 9.24. The lowest BCUT2D eigenvalue weighted by molar-refractivity contribution is 0.301. The average Bonchev–Trinajstić information content (AvgIpc) is 2.55. The van der Waals surface area contributed by atoms with E-state index in [2.05, 4.69) is 5.16 Å². The van der Waals surface area contributed by atoms with E-state index in [9.17, 15) is 10.0 Å². The second-order valence-electron chi connectivity index (χ2n) is 4.38. The van der Waals surface area contributed by atoms with Crippen LogP contribution in [0.4, 0.5) is 0 Å². The smallest absolute Gasteiger partial charge is 0.280 e. The van der Waals surface area contributed by atoms with E-state index < -0.39 is 0 Å². The van der Waals surface area contributed by atoms with Crippen LogP contribution in [0.3, 0.4) is 0 Å². The monoisotopic (exact) mass is 252 g/mol. The standard InChI is InChI=1S/C15H12N2O2/c1-17-13-9-5-4-7-11(13)10-6-2-3-8-12(10)14(16-19)15(17)18/h2-9,19H,1H3/b16-14+. The van der Waals surface area contributed by atoms with Crippen LogP contribution in [0.5, 0.6) is 0 Å². The molecule has 19 heavy (non-hydrogen) atoms. The Balaban J connectivity index is 2.87. The van der Waals surface area contributed by atoms with E-state index in [1.54, 1.807) is 13.1 Å². The molecule has 4 heteroatoms. The van der Waals surface area contributed by atoms with E-state index in [4.69, 9.17) is 0 Å². The van der Waals surface area contributed by atoms with E-state index in [0.717, 1.165) is 16.3 Å². The maximum Gasteiger partial charge on any atom is 0.280 e. The van der Waals surface area contributed by atoms with Gasteiger partial charge in [-0.2, -0.15) is 0 Å². The number of nitrogens with zero attached hydrogens (tertiary/aromatic N) is 2. The molecular formula is C15H12N2O2. The molecule has 0 atom stereocenters. The zero-order chi connectivity index (χ0) is 13.4. The van der Waals surface area contributed by atoms with Crippen molar-refractivity contribution in [3.8, 4) is 0 Å². The van der Waals surface area contributed by atoms with Gasteiger partial charge in [0.25, 0.3) is 5.56 Å². The molecule has 1 heterocycles. The molecule has 1 N–H and O–H groups in total. The van der Waals surface area contributed by atoms with Gasteiger partial charge in [-0.15, -0.1) is 0 Å². The quantitative estimate of drug-likeness (QED) is 0.491. The molecule has 0 bridgehead atoms. The summed E-state index contributed by atoms with van der Waals surface area (Å²) in [7, 11) is 1.68. The molecule has 1 aromatic heterocycles. The van der Waals surface area contributed by atoms with Crippen molar-refractivity contribution < 1.29 is 5.21 Å². The maximum atomic E-state index is 12.3. The van der Waals surface area contributed by atoms with E-state index in [-0.39, 0.29) is 10.9 Å². The highest BCUT2D eigenvalue weighted by atomic mass is 16.4. The van der Waals surface area contributed by atoms with Gasteiger partial charge in [0.1, 0.15) is 0 Å². The van der Waals surface area contributed by atoms with Crippen LogP contribution in [-0.4, -0.2) is 9.77 Å². The van der Waals surface area contributed by atoms with Gasteiger partial charge in [-0.3, -0.25) is 4.79 Å². The molecule has 0 amide bonds. The van der Waals surface area contributed by atoms with Crippen molar-refractivity contribution in [1.29, 1.82) is 0 Å². The summed E-state index contributed by atoms with van der Waals surface area (Å²) in [5.41, 5.74) is 0.485. The third kappa shape index (κ3) is 1.61. The van der Waals surface area contributed by atoms with Crippen LogP contribution < -0.4 is 10.9 Å². The van der Waals surface area contributed by atoms with Gasteiger partial charge in [0.15, 0.2) is 5.36 Å². The molecule has 3 rings (SSSR count). The van der Waals surface area contributed by atoms with Crippen molar-refractivity contribution >= 4 is 21.7 Å². The molecule has 0 saturated heterocycles. The number of para-hydroxylation sites is 1. The number of benzene rings is 2. The molecule has 0 saturated carbocycles. The molecule has 0 aliphatic carbocycles. The number of hydrogen-bond donors (Lipinski definition) is 1. The van der Waals surface area contributed by atoms with Crippen LogP contribution in [0.2, 0.25) is 0 Å². The lowest BCUT2D eigenvalue weighted by Crippen LogP contribution is -2.31. The zero-order valence-electron chi connectivity index (χ0n) is 10.4. The summed E-state index contributed by atoms with van der Waals surface area (Å²) in [5.74, 6) is 0. The van der Waals surface area contributed by atoms with Crippen molar-refractivity contribution in [1.82, 2.24) is 4.57 Å². The van der Waals surface area contributed by atoms with Gasteiger partial charge >= 0.3 is 0 Å². The third-order valence-corrected chi connectivity index (χ3v) is 3.34. The van der Waals surface area contributed by atoms with E-state index in [1.807, 2.05) is 42.5 Å². The van der Waals surface area contributed by atoms with Crippen LogP contribution in [0.25, 0.3) is 21.7 Å². The maximum absolute atomic E-state index is 12.3. The van der Waals surface area contributed by atoms with Gasteiger partial charge in [0, 0.05) is 17.8 Å². The van der Waals surface area contributed by atoms with Crippen LogP contribution in [0.1, 0.15) is 0 Å². The molecule has 0 radical (unpaired) electrons. The minimum Gasteiger partial charge on any atom is -0.410 e. The first-order valence-electron chi connectivity index (χ1n) is 5.93. The SMILES string of the molecule is Cn1c(=O)/c(=N/O)c2ccccc2c2ccccc21. The summed E-state index contributed by atoms with van der Waals surface area (Å²) >= 11 is 0. The van der Waals surface area contributed by atoms with E-state index >= 15 is 0 Å². The highest BCUT2D eigenvalue weighted by Gasteiger charge is 2.06. The molecule has 0 aliphatic heterocycles. The van der Waals surface area contributed by atoms with Crippen LogP contribution in [0.15, 0.2) is 58.5 Å². The number of fused-ring (bicyclic) bond motifs is 3. The number of aromatic nitrogens is 1. The lowest BCUT2D eigenvalue weighted by Gasteiger charge is -1.99. The fraction of sp³-hybridized carbons (Fsp3) is 0.0667. The summed E-state index contributed by atoms with van der Waals surface area (Å²) in [6.45, 7) is 0. The Hall–Kier alpha value is -2.62. The normalized spacial score (nSPS) is 12.2. The minimum atomic E-state index is -0.320. The number of hydrogen-bond acceptors (Lipinski definition) is 3. The van der Waals surface area contributed by atoms with Gasteiger partial charge in [-0.05, 0) is 11.5 Å². The Labute approximate surface area is 108 Å². The molecule has 0 aliphatic rings. The van der Waals surface area contributed by atoms with E-state index in [0.29, 0.717) is 5.39 Å². The summed E-state index contributed by atoms with van der Waals surface area (Å²) in [6, 6.07) is 15.1. The van der Waals surface area contributed by atoms with Gasteiger partial charge in [-0.25, -0.2) is 0 Å². The number of aryl methyl sites for hydroxylation is 1. The second-order valence-corrected chi connectivity index (χ2v) is 4.38. The topological polar surface area (TPSA) is 54.6 Å². The predicted octanol–water partition coefficient (Wildman–Crippen LogP) is 1.98. The lowest BCUT2D eigenvalue weighted by atomic mass is 10.1. The summed E-state index contributed by atoms with van der Waals surface area (Å²) < 4.78 is 1.50. The fourth-order valence-electron chi connectivity index (χ4n) is 2.40. The highest BCUT2D eigenvalue weighted by molar-refractivity contribution is 6.04. The van der Waals surface area contributed by atoms with Crippen molar-refractivity contribution in [3.05, 3.63) is 64.2 Å². The first kappa shape index (κ1) is 11.5. The van der Waals surface area contributed by atoms with Crippen molar-refractivity contribution in [2.45, 2.75) is 0 Å². The molecule has 0 unspecified atom stereocenters. The predicted molar refractivity (Wildman–Crippen MR) is 74.0 cm³/mol. The van der Waals surface area contributed by atoms with E-state index in [1.165, 1.54) is 4.57 Å². The molecule has 0 fully saturated rings. The third-order valence-electron chi connectivity index (χ3n) is 3.34. The molecular weight excluding hydrogens is 240 g/mol. The van der Waals surface area contributed by atoms with Gasteiger partial charge < -0.3 is 9.77 Å². The molecule has 94 valence electrons. The van der Waals surface area contributed by atoms with Crippen molar-refractivity contribution in [3.63, 3.8) is 0 Å². The zero-order valence-corrected chi connectivity index (χ0v) is 10.4. The fourth-order valence-corrected chi connectivity index (χ4v) is 2.40. The van der Waals surface area contributed by atoms with Crippen LogP contribution >= 0.6 is 0 Å². The Bertz CT molecular complexity index is 911. The molecule has 4 nitrogen and oxygen atoms in total. The Morgan fingerprint density at radius 3 is 2.21 bits per heavy atom. The first-order valence-corrected chi connectivity index (χ1v) is 5.93.